The van der Waals surface area contributed by atoms with E-state index in [2.05, 4.69) is 64.0 Å². The van der Waals surface area contributed by atoms with Crippen LogP contribution in [-0.4, -0.2) is 75.7 Å². The van der Waals surface area contributed by atoms with Crippen LogP contribution in [0.25, 0.3) is 0 Å². The summed E-state index contributed by atoms with van der Waals surface area (Å²) in [5.41, 5.74) is 0. The van der Waals surface area contributed by atoms with Gasteiger partial charge in [0.2, 0.25) is 0 Å². The van der Waals surface area contributed by atoms with E-state index in [9.17, 15) is 0 Å². The molecule has 1 saturated heterocycles. The fraction of sp³-hybridized carbons (Fsp3) is 0.688. The van der Waals surface area contributed by atoms with Crippen molar-refractivity contribution in [3.8, 4) is 0 Å². The highest BCUT2D eigenvalue weighted by Crippen LogP contribution is 2.19. The Bertz CT molecular complexity index is 459. The van der Waals surface area contributed by atoms with E-state index >= 15 is 0 Å². The highest BCUT2D eigenvalue weighted by atomic mass is 32.1. The molecule has 2 atom stereocenters. The predicted octanol–water partition coefficient (Wildman–Crippen LogP) is 1.26. The molecule has 124 valence electrons. The van der Waals surface area contributed by atoms with Gasteiger partial charge in [-0.15, -0.1) is 11.3 Å². The Balaban J connectivity index is 1.75. The van der Waals surface area contributed by atoms with Crippen LogP contribution in [0.2, 0.25) is 0 Å². The maximum atomic E-state index is 4.34. The normalized spacial score (nSPS) is 22.5. The van der Waals surface area contributed by atoms with Crippen molar-refractivity contribution in [3.63, 3.8) is 0 Å². The average Bonchev–Trinajstić information content (AvgIpc) is 3.05. The van der Waals surface area contributed by atoms with Gasteiger partial charge in [-0.3, -0.25) is 9.89 Å². The molecule has 0 bridgehead atoms. The number of likely N-dealkylation sites (N-methyl/N-ethyl adjacent to an activating group) is 2. The summed E-state index contributed by atoms with van der Waals surface area (Å²) in [4.78, 5) is 10.6. The Morgan fingerprint density at radius 3 is 2.91 bits per heavy atom. The highest BCUT2D eigenvalue weighted by Gasteiger charge is 2.22. The fourth-order valence-corrected chi connectivity index (χ4v) is 3.47. The van der Waals surface area contributed by atoms with Gasteiger partial charge < -0.3 is 15.5 Å². The van der Waals surface area contributed by atoms with Crippen LogP contribution in [0.4, 0.5) is 0 Å². The third kappa shape index (κ3) is 4.97. The van der Waals surface area contributed by atoms with Crippen molar-refractivity contribution in [1.82, 2.24) is 20.4 Å². The van der Waals surface area contributed by atoms with Gasteiger partial charge in [0.05, 0.1) is 0 Å². The molecular weight excluding hydrogens is 294 g/mol. The van der Waals surface area contributed by atoms with Crippen molar-refractivity contribution < 1.29 is 0 Å². The SMILES string of the molecule is CN=C(NCC(C)c1cccs1)NCC1CN(C)CCN1C. The van der Waals surface area contributed by atoms with E-state index in [1.54, 1.807) is 0 Å². The Labute approximate surface area is 138 Å². The molecule has 5 nitrogen and oxygen atoms in total. The lowest BCUT2D eigenvalue weighted by molar-refractivity contribution is 0.116. The monoisotopic (exact) mass is 323 g/mol. The largest absolute Gasteiger partial charge is 0.356 e. The van der Waals surface area contributed by atoms with Gasteiger partial charge in [-0.1, -0.05) is 13.0 Å². The minimum Gasteiger partial charge on any atom is -0.356 e. The first kappa shape index (κ1) is 17.2. The Morgan fingerprint density at radius 2 is 2.23 bits per heavy atom. The predicted molar refractivity (Wildman–Crippen MR) is 96.0 cm³/mol. The second-order valence-electron chi connectivity index (χ2n) is 6.15. The minimum atomic E-state index is 0.502. The van der Waals surface area contributed by atoms with Crippen molar-refractivity contribution in [3.05, 3.63) is 22.4 Å². The van der Waals surface area contributed by atoms with Gasteiger partial charge in [0, 0.05) is 56.6 Å². The van der Waals surface area contributed by atoms with E-state index in [0.29, 0.717) is 12.0 Å². The molecule has 0 aliphatic carbocycles. The molecule has 6 heteroatoms. The van der Waals surface area contributed by atoms with Crippen LogP contribution in [0.3, 0.4) is 0 Å². The summed E-state index contributed by atoms with van der Waals surface area (Å²) in [6.07, 6.45) is 0. The molecule has 1 aromatic heterocycles. The number of thiophene rings is 1. The molecule has 0 saturated carbocycles. The van der Waals surface area contributed by atoms with Crippen LogP contribution >= 0.6 is 11.3 Å². The number of hydrogen-bond donors (Lipinski definition) is 2. The van der Waals surface area contributed by atoms with Crippen LogP contribution in [0.5, 0.6) is 0 Å². The number of piperazine rings is 1. The molecule has 22 heavy (non-hydrogen) atoms. The van der Waals surface area contributed by atoms with Crippen molar-refractivity contribution in [2.75, 3.05) is 53.9 Å². The topological polar surface area (TPSA) is 42.9 Å². The zero-order valence-corrected chi connectivity index (χ0v) is 15.0. The minimum absolute atomic E-state index is 0.502. The van der Waals surface area contributed by atoms with Gasteiger partial charge in [0.25, 0.3) is 0 Å². The van der Waals surface area contributed by atoms with Crippen LogP contribution in [0.15, 0.2) is 22.5 Å². The lowest BCUT2D eigenvalue weighted by Crippen LogP contribution is -2.55. The number of rotatable bonds is 5. The first-order valence-corrected chi connectivity index (χ1v) is 8.84. The first-order chi connectivity index (χ1) is 10.6. The second kappa shape index (κ2) is 8.50. The van der Waals surface area contributed by atoms with Crippen molar-refractivity contribution in [1.29, 1.82) is 0 Å². The van der Waals surface area contributed by atoms with Gasteiger partial charge in [-0.25, -0.2) is 0 Å². The molecule has 0 radical (unpaired) electrons. The summed E-state index contributed by atoms with van der Waals surface area (Å²) in [5, 5.41) is 9.03. The van der Waals surface area contributed by atoms with E-state index in [1.807, 2.05) is 18.4 Å². The summed E-state index contributed by atoms with van der Waals surface area (Å²) in [7, 11) is 6.23. The quantitative estimate of drug-likeness (QED) is 0.632. The van der Waals surface area contributed by atoms with Crippen molar-refractivity contribution >= 4 is 17.3 Å². The van der Waals surface area contributed by atoms with Crippen LogP contribution in [0.1, 0.15) is 17.7 Å². The Hall–Kier alpha value is -1.11. The van der Waals surface area contributed by atoms with E-state index in [4.69, 9.17) is 0 Å². The lowest BCUT2D eigenvalue weighted by Gasteiger charge is -2.38. The van der Waals surface area contributed by atoms with Gasteiger partial charge >= 0.3 is 0 Å². The zero-order chi connectivity index (χ0) is 15.9. The molecule has 2 heterocycles. The molecule has 2 N–H and O–H groups in total. The Morgan fingerprint density at radius 1 is 1.41 bits per heavy atom. The Kier molecular flexibility index (Phi) is 6.67. The molecule has 1 aliphatic heterocycles. The molecule has 2 unspecified atom stereocenters. The summed E-state index contributed by atoms with van der Waals surface area (Å²) in [6, 6.07) is 4.84. The molecule has 0 aromatic carbocycles. The number of hydrogen-bond acceptors (Lipinski definition) is 4. The van der Waals surface area contributed by atoms with Crippen LogP contribution < -0.4 is 10.6 Å². The highest BCUT2D eigenvalue weighted by molar-refractivity contribution is 7.10. The van der Waals surface area contributed by atoms with E-state index in [0.717, 1.165) is 38.7 Å². The number of aliphatic imine (C=N–C) groups is 1. The molecular formula is C16H29N5S. The van der Waals surface area contributed by atoms with E-state index < -0.39 is 0 Å². The molecule has 0 spiro atoms. The fourth-order valence-electron chi connectivity index (χ4n) is 2.68. The third-order valence-corrected chi connectivity index (χ3v) is 5.42. The van der Waals surface area contributed by atoms with Crippen molar-refractivity contribution in [2.45, 2.75) is 18.9 Å². The average molecular weight is 324 g/mol. The smallest absolute Gasteiger partial charge is 0.191 e. The standard InChI is InChI=1S/C16H29N5S/c1-13(15-6-5-9-22-15)10-18-16(17-2)19-11-14-12-20(3)7-8-21(14)4/h5-6,9,13-14H,7-8,10-12H2,1-4H3,(H2,17,18,19). The maximum absolute atomic E-state index is 4.34. The lowest BCUT2D eigenvalue weighted by atomic mass is 10.1. The van der Waals surface area contributed by atoms with Gasteiger partial charge in [-0.05, 0) is 25.5 Å². The van der Waals surface area contributed by atoms with Gasteiger partial charge in [0.15, 0.2) is 5.96 Å². The van der Waals surface area contributed by atoms with Gasteiger partial charge in [-0.2, -0.15) is 0 Å². The second-order valence-corrected chi connectivity index (χ2v) is 7.13. The number of guanidine groups is 1. The van der Waals surface area contributed by atoms with E-state index in [-0.39, 0.29) is 0 Å². The van der Waals surface area contributed by atoms with Crippen LogP contribution in [-0.2, 0) is 0 Å². The molecule has 2 rings (SSSR count). The van der Waals surface area contributed by atoms with E-state index in [1.165, 1.54) is 4.88 Å². The molecule has 1 fully saturated rings. The first-order valence-electron chi connectivity index (χ1n) is 7.97. The third-order valence-electron chi connectivity index (χ3n) is 4.31. The maximum Gasteiger partial charge on any atom is 0.191 e. The summed E-state index contributed by atoms with van der Waals surface area (Å²) in [6.45, 7) is 7.46. The number of nitrogens with one attached hydrogen (secondary N) is 2. The number of nitrogens with zero attached hydrogens (tertiary/aromatic N) is 3. The zero-order valence-electron chi connectivity index (χ0n) is 14.2. The van der Waals surface area contributed by atoms with Crippen LogP contribution in [0, 0.1) is 0 Å². The summed E-state index contributed by atoms with van der Waals surface area (Å²) < 4.78 is 0. The molecule has 1 aliphatic rings. The molecule has 1 aromatic rings. The summed E-state index contributed by atoms with van der Waals surface area (Å²) >= 11 is 1.81. The summed E-state index contributed by atoms with van der Waals surface area (Å²) in [5.74, 6) is 1.40. The van der Waals surface area contributed by atoms with Gasteiger partial charge in [0.1, 0.15) is 0 Å². The molecule has 0 amide bonds. The van der Waals surface area contributed by atoms with Crippen molar-refractivity contribution in [2.24, 2.45) is 4.99 Å².